The van der Waals surface area contributed by atoms with E-state index in [4.69, 9.17) is 9.47 Å². The Kier molecular flexibility index (Phi) is 7.26. The summed E-state index contributed by atoms with van der Waals surface area (Å²) in [4.78, 5) is 25.9. The zero-order chi connectivity index (χ0) is 20.8. The predicted molar refractivity (Wildman–Crippen MR) is 106 cm³/mol. The van der Waals surface area contributed by atoms with Crippen molar-refractivity contribution in [1.29, 1.82) is 0 Å². The van der Waals surface area contributed by atoms with E-state index < -0.39 is 5.97 Å². The van der Waals surface area contributed by atoms with Crippen molar-refractivity contribution in [1.82, 2.24) is 19.9 Å². The molecule has 1 amide bonds. The molecule has 2 fully saturated rings. The topological polar surface area (TPSA) is 86.5 Å². The van der Waals surface area contributed by atoms with E-state index in [1.54, 1.807) is 17.8 Å². The number of amides is 1. The van der Waals surface area contributed by atoms with Gasteiger partial charge in [0.25, 0.3) is 0 Å². The number of hydrogen-bond acceptors (Lipinski definition) is 6. The van der Waals surface area contributed by atoms with E-state index >= 15 is 0 Å². The van der Waals surface area contributed by atoms with Crippen LogP contribution in [0.15, 0.2) is 6.20 Å². The number of carbonyl (C=O) groups excluding carboxylic acids is 2. The lowest BCUT2D eigenvalue weighted by atomic mass is 9.99. The Morgan fingerprint density at radius 3 is 2.79 bits per heavy atom. The highest BCUT2D eigenvalue weighted by atomic mass is 16.5. The Morgan fingerprint density at radius 2 is 2.07 bits per heavy atom. The van der Waals surface area contributed by atoms with Gasteiger partial charge in [0, 0.05) is 19.0 Å². The molecule has 0 radical (unpaired) electrons. The maximum Gasteiger partial charge on any atom is 0.384 e. The van der Waals surface area contributed by atoms with E-state index in [0.29, 0.717) is 12.3 Å². The number of ether oxygens (including phenoxy) is 2. The maximum atomic E-state index is 12.6. The lowest BCUT2D eigenvalue weighted by Crippen LogP contribution is -2.38. The number of esters is 1. The molecule has 0 saturated carbocycles. The first-order valence-electron chi connectivity index (χ1n) is 10.5. The van der Waals surface area contributed by atoms with E-state index in [0.717, 1.165) is 45.2 Å². The summed E-state index contributed by atoms with van der Waals surface area (Å²) in [5.41, 5.74) is 0.431. The summed E-state index contributed by atoms with van der Waals surface area (Å²) in [6.45, 7) is 7.82. The molecule has 4 atom stereocenters. The van der Waals surface area contributed by atoms with Gasteiger partial charge in [-0.2, -0.15) is 0 Å². The van der Waals surface area contributed by atoms with Crippen LogP contribution in [0.3, 0.4) is 0 Å². The van der Waals surface area contributed by atoms with Gasteiger partial charge in [0.1, 0.15) is 0 Å². The average Bonchev–Trinajstić information content (AvgIpc) is 3.47. The number of nitrogens with zero attached hydrogens (tertiary/aromatic N) is 4. The van der Waals surface area contributed by atoms with Gasteiger partial charge >= 0.3 is 5.97 Å². The van der Waals surface area contributed by atoms with Crippen molar-refractivity contribution < 1.29 is 19.1 Å². The fourth-order valence-electron chi connectivity index (χ4n) is 3.98. The largest absolute Gasteiger partial charge is 0.456 e. The maximum absolute atomic E-state index is 12.6. The molecular weight excluding hydrogens is 372 g/mol. The summed E-state index contributed by atoms with van der Waals surface area (Å²) in [5, 5.41) is 8.11. The van der Waals surface area contributed by atoms with Gasteiger partial charge in [-0.15, -0.1) is 5.10 Å². The first-order chi connectivity index (χ1) is 14.0. The van der Waals surface area contributed by atoms with E-state index in [-0.39, 0.29) is 30.1 Å². The van der Waals surface area contributed by atoms with Crippen molar-refractivity contribution in [2.45, 2.75) is 71.1 Å². The molecule has 158 valence electrons. The van der Waals surface area contributed by atoms with Gasteiger partial charge in [0.2, 0.25) is 5.91 Å². The van der Waals surface area contributed by atoms with Crippen LogP contribution >= 0.6 is 0 Å². The fraction of sp³-hybridized carbons (Fsp3) is 0.714. The lowest BCUT2D eigenvalue weighted by molar-refractivity contribution is -0.139. The molecule has 3 rings (SSSR count). The molecule has 0 N–H and O–H groups in total. The van der Waals surface area contributed by atoms with Crippen LogP contribution in [0.5, 0.6) is 0 Å². The highest BCUT2D eigenvalue weighted by Crippen LogP contribution is 2.31. The van der Waals surface area contributed by atoms with Gasteiger partial charge < -0.3 is 14.4 Å². The highest BCUT2D eigenvalue weighted by Gasteiger charge is 2.36. The molecule has 0 bridgehead atoms. The Bertz CT molecular complexity index is 775. The summed E-state index contributed by atoms with van der Waals surface area (Å²) in [6, 6.07) is 0.0778. The molecule has 0 aromatic carbocycles. The van der Waals surface area contributed by atoms with Gasteiger partial charge in [-0.3, -0.25) is 4.79 Å². The average molecular weight is 402 g/mol. The first kappa shape index (κ1) is 21.3. The second kappa shape index (κ2) is 9.88. The van der Waals surface area contributed by atoms with Crippen molar-refractivity contribution in [2.75, 3.05) is 19.7 Å². The third-order valence-electron chi connectivity index (χ3n) is 5.64. The SMILES string of the molecule is CCOC(=O)C#Cc1cn([C@H](C)C[C@@H]2CC[C@H]([C@@H](C)C(=O)N3CCCC3)O2)nn1. The van der Waals surface area contributed by atoms with Crippen molar-refractivity contribution >= 4 is 11.9 Å². The molecule has 29 heavy (non-hydrogen) atoms. The molecule has 2 aliphatic heterocycles. The van der Waals surface area contributed by atoms with Gasteiger partial charge in [0.05, 0.1) is 37.0 Å². The summed E-state index contributed by atoms with van der Waals surface area (Å²) < 4.78 is 12.7. The number of rotatable bonds is 6. The van der Waals surface area contributed by atoms with Crippen LogP contribution in [0.25, 0.3) is 0 Å². The van der Waals surface area contributed by atoms with Crippen molar-refractivity contribution in [3.8, 4) is 11.8 Å². The van der Waals surface area contributed by atoms with Crippen LogP contribution in [-0.4, -0.2) is 63.7 Å². The Morgan fingerprint density at radius 1 is 1.31 bits per heavy atom. The van der Waals surface area contributed by atoms with E-state index in [9.17, 15) is 9.59 Å². The number of carbonyl (C=O) groups is 2. The minimum Gasteiger partial charge on any atom is -0.456 e. The van der Waals surface area contributed by atoms with Crippen LogP contribution in [0, 0.1) is 17.8 Å². The van der Waals surface area contributed by atoms with Crippen molar-refractivity contribution in [3.05, 3.63) is 11.9 Å². The molecule has 1 aromatic heterocycles. The van der Waals surface area contributed by atoms with Crippen LogP contribution < -0.4 is 0 Å². The second-order valence-electron chi connectivity index (χ2n) is 7.83. The summed E-state index contributed by atoms with van der Waals surface area (Å²) in [5.74, 6) is 4.62. The van der Waals surface area contributed by atoms with Crippen LogP contribution in [-0.2, 0) is 19.1 Å². The number of likely N-dealkylation sites (tertiary alicyclic amines) is 1. The lowest BCUT2D eigenvalue weighted by Gasteiger charge is -2.25. The normalized spacial score (nSPS) is 23.3. The number of hydrogen-bond donors (Lipinski definition) is 0. The van der Waals surface area contributed by atoms with Crippen LogP contribution in [0.4, 0.5) is 0 Å². The molecule has 0 unspecified atom stereocenters. The molecule has 8 heteroatoms. The molecule has 0 aliphatic carbocycles. The Labute approximate surface area is 171 Å². The first-order valence-corrected chi connectivity index (χ1v) is 10.5. The number of aromatic nitrogens is 3. The Balaban J connectivity index is 1.49. The molecule has 8 nitrogen and oxygen atoms in total. The third-order valence-corrected chi connectivity index (χ3v) is 5.64. The van der Waals surface area contributed by atoms with E-state index in [2.05, 4.69) is 22.2 Å². The highest BCUT2D eigenvalue weighted by molar-refractivity contribution is 5.88. The minimum atomic E-state index is -0.571. The van der Waals surface area contributed by atoms with E-state index in [1.165, 1.54) is 0 Å². The molecule has 0 spiro atoms. The third kappa shape index (κ3) is 5.57. The summed E-state index contributed by atoms with van der Waals surface area (Å²) in [7, 11) is 0. The van der Waals surface area contributed by atoms with Crippen LogP contribution in [0.2, 0.25) is 0 Å². The molecule has 2 saturated heterocycles. The zero-order valence-corrected chi connectivity index (χ0v) is 17.5. The van der Waals surface area contributed by atoms with Gasteiger partial charge in [0.15, 0.2) is 5.69 Å². The molecule has 2 aliphatic rings. The fourth-order valence-corrected chi connectivity index (χ4v) is 3.98. The van der Waals surface area contributed by atoms with Crippen molar-refractivity contribution in [2.24, 2.45) is 5.92 Å². The van der Waals surface area contributed by atoms with E-state index in [1.807, 2.05) is 18.7 Å². The van der Waals surface area contributed by atoms with Crippen LogP contribution in [0.1, 0.15) is 64.6 Å². The predicted octanol–water partition coefficient (Wildman–Crippen LogP) is 1.95. The molecule has 1 aromatic rings. The standard InChI is InChI=1S/C21H30N4O4/c1-4-28-20(26)10-7-17-14-25(23-22-17)15(2)13-18-8-9-19(29-18)16(3)21(27)24-11-5-6-12-24/h14-16,18-19H,4-6,8-9,11-13H2,1-3H3/t15-,16-,18+,19-/m1/s1. The van der Waals surface area contributed by atoms with Gasteiger partial charge in [-0.05, 0) is 51.9 Å². The Hall–Kier alpha value is -2.40. The zero-order valence-electron chi connectivity index (χ0n) is 17.5. The second-order valence-corrected chi connectivity index (χ2v) is 7.83. The molecule has 3 heterocycles. The quantitative estimate of drug-likeness (QED) is 0.534. The summed E-state index contributed by atoms with van der Waals surface area (Å²) in [6.07, 6.45) is 6.66. The van der Waals surface area contributed by atoms with Gasteiger partial charge in [-0.1, -0.05) is 12.1 Å². The summed E-state index contributed by atoms with van der Waals surface area (Å²) >= 11 is 0. The smallest absolute Gasteiger partial charge is 0.384 e. The monoisotopic (exact) mass is 402 g/mol. The van der Waals surface area contributed by atoms with Gasteiger partial charge in [-0.25, -0.2) is 9.48 Å². The minimum absolute atomic E-state index is 0.0120. The molecular formula is C21H30N4O4. The van der Waals surface area contributed by atoms with Crippen molar-refractivity contribution in [3.63, 3.8) is 0 Å².